The number of hydrogen-bond acceptors (Lipinski definition) is 6. The molecule has 0 fully saturated rings. The molecule has 0 aliphatic carbocycles. The molecule has 0 saturated heterocycles. The van der Waals surface area contributed by atoms with Gasteiger partial charge in [-0.05, 0) is 47.0 Å². The van der Waals surface area contributed by atoms with Gasteiger partial charge in [-0.25, -0.2) is 4.98 Å². The van der Waals surface area contributed by atoms with Gasteiger partial charge in [0.15, 0.2) is 0 Å². The average molecular weight is 390 g/mol. The molecule has 7 heteroatoms. The Morgan fingerprint density at radius 1 is 1.00 bits per heavy atom. The topological polar surface area (TPSA) is 79.9 Å². The molecule has 4 rings (SSSR count). The summed E-state index contributed by atoms with van der Waals surface area (Å²) in [4.78, 5) is 23.4. The highest BCUT2D eigenvalue weighted by Crippen LogP contribution is 2.32. The number of fused-ring (bicyclic) bond motifs is 1. The second-order valence-corrected chi connectivity index (χ2v) is 6.73. The summed E-state index contributed by atoms with van der Waals surface area (Å²) in [5, 5.41) is 1.01. The van der Waals surface area contributed by atoms with Crippen molar-refractivity contribution < 1.29 is 4.74 Å². The number of H-pyrrole nitrogens is 1. The Morgan fingerprint density at radius 3 is 2.68 bits per heavy atom. The molecule has 0 amide bonds. The molecule has 3 aromatic heterocycles. The van der Waals surface area contributed by atoms with Crippen LogP contribution in [-0.4, -0.2) is 28.3 Å². The van der Waals surface area contributed by atoms with Crippen LogP contribution in [0.3, 0.4) is 0 Å². The molecular weight excluding hydrogens is 372 g/mol. The molecule has 0 bridgehead atoms. The van der Waals surface area contributed by atoms with Gasteiger partial charge < -0.3 is 14.4 Å². The smallest absolute Gasteiger partial charge is 0.272 e. The van der Waals surface area contributed by atoms with E-state index < -0.39 is 0 Å². The van der Waals surface area contributed by atoms with Crippen molar-refractivity contribution in [3.8, 4) is 28.1 Å². The lowest BCUT2D eigenvalue weighted by Crippen LogP contribution is -2.09. The van der Waals surface area contributed by atoms with Gasteiger partial charge in [-0.1, -0.05) is 18.0 Å². The molecule has 28 heavy (non-hydrogen) atoms. The van der Waals surface area contributed by atoms with E-state index in [0.717, 1.165) is 33.2 Å². The second-order valence-electron chi connectivity index (χ2n) is 6.11. The van der Waals surface area contributed by atoms with Crippen molar-refractivity contribution in [3.05, 3.63) is 71.4 Å². The van der Waals surface area contributed by atoms with Crippen molar-refractivity contribution in [3.63, 3.8) is 0 Å². The maximum Gasteiger partial charge on any atom is 0.272 e. The van der Waals surface area contributed by atoms with Gasteiger partial charge in [-0.2, -0.15) is 0 Å². The summed E-state index contributed by atoms with van der Waals surface area (Å²) < 4.78 is 8.27. The fourth-order valence-corrected chi connectivity index (χ4v) is 3.47. The zero-order valence-corrected chi connectivity index (χ0v) is 16.2. The molecule has 0 aliphatic heterocycles. The minimum atomic E-state index is -0.148. The minimum Gasteiger partial charge on any atom is -0.481 e. The standard InChI is InChI=1S/C21H18N4O2S/c1-27-20-11-14(5-7-23-20)16-6-8-22-18-4-3-13(9-17(16)18)15-10-19(25-28-2)21(26)24-12-15/h3-12,25H,1-2H3,(H,24,26). The number of methoxy groups -OCH3 is 1. The predicted molar refractivity (Wildman–Crippen MR) is 115 cm³/mol. The first-order valence-corrected chi connectivity index (χ1v) is 9.83. The molecule has 0 unspecified atom stereocenters. The monoisotopic (exact) mass is 390 g/mol. The Balaban J connectivity index is 1.87. The largest absolute Gasteiger partial charge is 0.481 e. The van der Waals surface area contributed by atoms with Crippen molar-refractivity contribution in [1.82, 2.24) is 15.0 Å². The van der Waals surface area contributed by atoms with E-state index in [1.54, 1.807) is 25.7 Å². The van der Waals surface area contributed by atoms with E-state index in [0.29, 0.717) is 11.6 Å². The predicted octanol–water partition coefficient (Wildman–Crippen LogP) is 4.35. The highest BCUT2D eigenvalue weighted by atomic mass is 32.2. The molecule has 4 aromatic rings. The van der Waals surface area contributed by atoms with Crippen LogP contribution in [0.4, 0.5) is 5.69 Å². The van der Waals surface area contributed by atoms with Crippen LogP contribution in [0.2, 0.25) is 0 Å². The summed E-state index contributed by atoms with van der Waals surface area (Å²) >= 11 is 1.38. The first-order valence-electron chi connectivity index (χ1n) is 8.61. The maximum absolute atomic E-state index is 11.9. The van der Waals surface area contributed by atoms with Crippen LogP contribution in [-0.2, 0) is 0 Å². The van der Waals surface area contributed by atoms with Crippen molar-refractivity contribution >= 4 is 28.5 Å². The molecule has 0 aliphatic rings. The van der Waals surface area contributed by atoms with Gasteiger partial charge in [-0.15, -0.1) is 0 Å². The number of benzene rings is 1. The van der Waals surface area contributed by atoms with Gasteiger partial charge in [0.1, 0.15) is 5.69 Å². The van der Waals surface area contributed by atoms with Gasteiger partial charge in [0.2, 0.25) is 5.88 Å². The molecule has 3 heterocycles. The van der Waals surface area contributed by atoms with E-state index >= 15 is 0 Å². The van der Waals surface area contributed by atoms with Crippen LogP contribution in [0.5, 0.6) is 5.88 Å². The molecule has 0 spiro atoms. The highest BCUT2D eigenvalue weighted by molar-refractivity contribution is 7.99. The second kappa shape index (κ2) is 7.74. The van der Waals surface area contributed by atoms with Gasteiger partial charge >= 0.3 is 0 Å². The summed E-state index contributed by atoms with van der Waals surface area (Å²) in [6.07, 6.45) is 7.13. The summed E-state index contributed by atoms with van der Waals surface area (Å²) in [5.41, 5.74) is 5.22. The third kappa shape index (κ3) is 3.44. The first-order chi connectivity index (χ1) is 13.7. The molecule has 2 N–H and O–H groups in total. The third-order valence-electron chi connectivity index (χ3n) is 4.45. The fourth-order valence-electron chi connectivity index (χ4n) is 3.10. The normalized spacial score (nSPS) is 10.8. The van der Waals surface area contributed by atoms with Crippen molar-refractivity contribution in [2.24, 2.45) is 0 Å². The zero-order chi connectivity index (χ0) is 19.5. The third-order valence-corrected chi connectivity index (χ3v) is 4.87. The minimum absolute atomic E-state index is 0.148. The SMILES string of the molecule is COc1cc(-c2ccnc3ccc(-c4c[nH]c(=O)c(NSC)c4)cc23)ccn1. The summed E-state index contributed by atoms with van der Waals surface area (Å²) in [6, 6.07) is 13.8. The van der Waals surface area contributed by atoms with E-state index in [2.05, 4.69) is 25.7 Å². The van der Waals surface area contributed by atoms with Crippen LogP contribution in [0, 0.1) is 0 Å². The number of anilines is 1. The molecule has 6 nitrogen and oxygen atoms in total. The molecular formula is C21H18N4O2S. The first kappa shape index (κ1) is 18.1. The number of ether oxygens (including phenoxy) is 1. The molecule has 0 atom stereocenters. The van der Waals surface area contributed by atoms with E-state index in [1.807, 2.05) is 42.7 Å². The Bertz CT molecular complexity index is 1210. The Kier molecular flexibility index (Phi) is 4.99. The molecule has 0 saturated carbocycles. The summed E-state index contributed by atoms with van der Waals surface area (Å²) in [5.74, 6) is 0.562. The van der Waals surface area contributed by atoms with E-state index in [1.165, 1.54) is 11.9 Å². The number of pyridine rings is 3. The highest BCUT2D eigenvalue weighted by Gasteiger charge is 2.09. The van der Waals surface area contributed by atoms with E-state index in [4.69, 9.17) is 4.74 Å². The maximum atomic E-state index is 11.9. The summed E-state index contributed by atoms with van der Waals surface area (Å²) in [7, 11) is 1.60. The van der Waals surface area contributed by atoms with Crippen molar-refractivity contribution in [2.75, 3.05) is 18.1 Å². The average Bonchev–Trinajstić information content (AvgIpc) is 2.74. The van der Waals surface area contributed by atoms with Crippen LogP contribution in [0.25, 0.3) is 33.2 Å². The van der Waals surface area contributed by atoms with Gasteiger partial charge in [0, 0.05) is 41.9 Å². The van der Waals surface area contributed by atoms with Gasteiger partial charge in [0.05, 0.1) is 12.6 Å². The quantitative estimate of drug-likeness (QED) is 0.493. The van der Waals surface area contributed by atoms with E-state index in [-0.39, 0.29) is 5.56 Å². The lowest BCUT2D eigenvalue weighted by Gasteiger charge is -2.10. The number of nitrogens with one attached hydrogen (secondary N) is 2. The van der Waals surface area contributed by atoms with Gasteiger partial charge in [-0.3, -0.25) is 9.78 Å². The number of nitrogens with zero attached hydrogens (tertiary/aromatic N) is 2. The lowest BCUT2D eigenvalue weighted by atomic mass is 9.98. The number of rotatable bonds is 5. The Hall–Kier alpha value is -3.32. The zero-order valence-electron chi connectivity index (χ0n) is 15.4. The number of aromatic amines is 1. The Morgan fingerprint density at radius 2 is 1.86 bits per heavy atom. The lowest BCUT2D eigenvalue weighted by molar-refractivity contribution is 0.398. The van der Waals surface area contributed by atoms with Crippen molar-refractivity contribution in [2.45, 2.75) is 0 Å². The number of aromatic nitrogens is 3. The fraction of sp³-hybridized carbons (Fsp3) is 0.0952. The van der Waals surface area contributed by atoms with E-state index in [9.17, 15) is 4.79 Å². The van der Waals surface area contributed by atoms with Crippen LogP contribution >= 0.6 is 11.9 Å². The van der Waals surface area contributed by atoms with Crippen LogP contribution in [0.15, 0.2) is 65.8 Å². The summed E-state index contributed by atoms with van der Waals surface area (Å²) in [6.45, 7) is 0. The molecule has 1 aromatic carbocycles. The van der Waals surface area contributed by atoms with Gasteiger partial charge in [0.25, 0.3) is 5.56 Å². The number of hydrogen-bond donors (Lipinski definition) is 2. The molecule has 0 radical (unpaired) electrons. The van der Waals surface area contributed by atoms with Crippen LogP contribution < -0.4 is 15.0 Å². The van der Waals surface area contributed by atoms with Crippen molar-refractivity contribution in [1.29, 1.82) is 0 Å². The Labute approximate surface area is 166 Å². The van der Waals surface area contributed by atoms with Crippen LogP contribution in [0.1, 0.15) is 0 Å². The molecule has 140 valence electrons.